The highest BCUT2D eigenvalue weighted by atomic mass is 16.6. The second-order valence-corrected chi connectivity index (χ2v) is 6.82. The number of hydrogen-bond acceptors (Lipinski definition) is 5. The lowest BCUT2D eigenvalue weighted by molar-refractivity contribution is 0.171. The van der Waals surface area contributed by atoms with Gasteiger partial charge in [-0.25, -0.2) is 9.67 Å². The van der Waals surface area contributed by atoms with Gasteiger partial charge in [0.15, 0.2) is 17.3 Å². The number of ether oxygens (including phenoxy) is 2. The fourth-order valence-electron chi connectivity index (χ4n) is 3.20. The molecule has 2 aliphatic rings. The minimum atomic E-state index is 0.382. The lowest BCUT2D eigenvalue weighted by atomic mass is 10.1. The summed E-state index contributed by atoms with van der Waals surface area (Å²) in [5.41, 5.74) is 1.21. The number of nitrogens with one attached hydrogen (secondary N) is 1. The quantitative estimate of drug-likeness (QED) is 0.933. The van der Waals surface area contributed by atoms with E-state index in [-0.39, 0.29) is 0 Å². The normalized spacial score (nSPS) is 19.4. The van der Waals surface area contributed by atoms with E-state index in [1.165, 1.54) is 5.56 Å². The van der Waals surface area contributed by atoms with Crippen LogP contribution in [-0.2, 0) is 19.5 Å². The van der Waals surface area contributed by atoms with E-state index in [1.54, 1.807) is 0 Å². The first-order valence-electron chi connectivity index (χ1n) is 8.74. The topological polar surface area (TPSA) is 61.2 Å². The Hall–Kier alpha value is -2.08. The largest absolute Gasteiger partial charge is 0.486 e. The van der Waals surface area contributed by atoms with Crippen molar-refractivity contribution < 1.29 is 9.47 Å². The highest BCUT2D eigenvalue weighted by molar-refractivity contribution is 5.43. The molecule has 2 aromatic rings. The SMILES string of the molecule is CC(C)c1nc2n(n1)C[C@H](NCc1ccc3c(c1)OCCO3)CC2. The smallest absolute Gasteiger partial charge is 0.161 e. The molecule has 0 bridgehead atoms. The maximum atomic E-state index is 5.65. The predicted octanol–water partition coefficient (Wildman–Crippen LogP) is 2.28. The monoisotopic (exact) mass is 328 g/mol. The Morgan fingerprint density at radius 2 is 2.08 bits per heavy atom. The van der Waals surface area contributed by atoms with Crippen LogP contribution >= 0.6 is 0 Å². The van der Waals surface area contributed by atoms with Gasteiger partial charge in [-0.15, -0.1) is 0 Å². The number of benzene rings is 1. The molecule has 0 spiro atoms. The van der Waals surface area contributed by atoms with E-state index in [9.17, 15) is 0 Å². The van der Waals surface area contributed by atoms with Crippen LogP contribution in [0.4, 0.5) is 0 Å². The number of aryl methyl sites for hydroxylation is 1. The molecule has 3 heterocycles. The van der Waals surface area contributed by atoms with Gasteiger partial charge in [-0.1, -0.05) is 19.9 Å². The maximum absolute atomic E-state index is 5.65. The first kappa shape index (κ1) is 15.4. The summed E-state index contributed by atoms with van der Waals surface area (Å²) in [4.78, 5) is 4.64. The van der Waals surface area contributed by atoms with Gasteiger partial charge in [-0.05, 0) is 24.1 Å². The third-order valence-electron chi connectivity index (χ3n) is 4.59. The van der Waals surface area contributed by atoms with Crippen LogP contribution in [0.1, 0.15) is 43.4 Å². The molecule has 1 N–H and O–H groups in total. The van der Waals surface area contributed by atoms with Crippen molar-refractivity contribution in [2.75, 3.05) is 13.2 Å². The van der Waals surface area contributed by atoms with Crippen molar-refractivity contribution in [3.8, 4) is 11.5 Å². The van der Waals surface area contributed by atoms with Gasteiger partial charge in [-0.2, -0.15) is 5.10 Å². The average molecular weight is 328 g/mol. The van der Waals surface area contributed by atoms with Gasteiger partial charge < -0.3 is 14.8 Å². The first-order valence-corrected chi connectivity index (χ1v) is 8.74. The molecular formula is C18H24N4O2. The van der Waals surface area contributed by atoms with Crippen LogP contribution in [0.25, 0.3) is 0 Å². The number of fused-ring (bicyclic) bond motifs is 2. The van der Waals surface area contributed by atoms with Crippen molar-refractivity contribution in [1.82, 2.24) is 20.1 Å². The maximum Gasteiger partial charge on any atom is 0.161 e. The summed E-state index contributed by atoms with van der Waals surface area (Å²) in [5, 5.41) is 8.28. The zero-order valence-corrected chi connectivity index (χ0v) is 14.3. The summed E-state index contributed by atoms with van der Waals surface area (Å²) in [6.45, 7) is 7.24. The van der Waals surface area contributed by atoms with Crippen molar-refractivity contribution >= 4 is 0 Å². The van der Waals surface area contributed by atoms with E-state index in [0.717, 1.165) is 49.1 Å². The summed E-state index contributed by atoms with van der Waals surface area (Å²) >= 11 is 0. The van der Waals surface area contributed by atoms with E-state index in [2.05, 4.69) is 46.1 Å². The number of rotatable bonds is 4. The van der Waals surface area contributed by atoms with Crippen molar-refractivity contribution in [3.05, 3.63) is 35.4 Å². The van der Waals surface area contributed by atoms with E-state index in [0.29, 0.717) is 25.2 Å². The van der Waals surface area contributed by atoms with Gasteiger partial charge in [0.1, 0.15) is 19.0 Å². The molecule has 6 heteroatoms. The molecule has 0 unspecified atom stereocenters. The molecule has 0 saturated carbocycles. The van der Waals surface area contributed by atoms with Gasteiger partial charge >= 0.3 is 0 Å². The van der Waals surface area contributed by atoms with Gasteiger partial charge in [0.05, 0.1) is 6.54 Å². The third-order valence-corrected chi connectivity index (χ3v) is 4.59. The number of aromatic nitrogens is 3. The first-order chi connectivity index (χ1) is 11.7. The van der Waals surface area contributed by atoms with Crippen LogP contribution in [0.3, 0.4) is 0 Å². The average Bonchev–Trinajstić information content (AvgIpc) is 3.03. The van der Waals surface area contributed by atoms with Gasteiger partial charge in [-0.3, -0.25) is 0 Å². The Morgan fingerprint density at radius 3 is 2.92 bits per heavy atom. The molecule has 0 amide bonds. The van der Waals surface area contributed by atoms with Crippen molar-refractivity contribution in [1.29, 1.82) is 0 Å². The third kappa shape index (κ3) is 3.11. The molecule has 1 aromatic heterocycles. The molecule has 6 nitrogen and oxygen atoms in total. The van der Waals surface area contributed by atoms with Crippen LogP contribution < -0.4 is 14.8 Å². The summed E-state index contributed by atoms with van der Waals surface area (Å²) in [6, 6.07) is 6.59. The zero-order valence-electron chi connectivity index (χ0n) is 14.3. The summed E-state index contributed by atoms with van der Waals surface area (Å²) in [6.07, 6.45) is 2.08. The molecule has 4 rings (SSSR count). The van der Waals surface area contributed by atoms with Gasteiger partial charge in [0.2, 0.25) is 0 Å². The molecule has 1 aromatic carbocycles. The van der Waals surface area contributed by atoms with Crippen LogP contribution in [-0.4, -0.2) is 34.0 Å². The van der Waals surface area contributed by atoms with Gasteiger partial charge in [0, 0.05) is 24.9 Å². The standard InChI is InChI=1S/C18H24N4O2/c1-12(2)18-20-17-6-4-14(11-22(17)21-18)19-10-13-3-5-15-16(9-13)24-8-7-23-15/h3,5,9,12,14,19H,4,6-8,10-11H2,1-2H3/t14-/m1/s1. The number of hydrogen-bond donors (Lipinski definition) is 1. The Balaban J connectivity index is 1.38. The minimum absolute atomic E-state index is 0.382. The van der Waals surface area contributed by atoms with E-state index >= 15 is 0 Å². The molecule has 0 radical (unpaired) electrons. The highest BCUT2D eigenvalue weighted by Gasteiger charge is 2.22. The lowest BCUT2D eigenvalue weighted by Gasteiger charge is -2.24. The molecule has 128 valence electrons. The van der Waals surface area contributed by atoms with Crippen LogP contribution in [0.15, 0.2) is 18.2 Å². The molecule has 0 saturated heterocycles. The van der Waals surface area contributed by atoms with Crippen molar-refractivity contribution in [3.63, 3.8) is 0 Å². The fourth-order valence-corrected chi connectivity index (χ4v) is 3.20. The molecule has 0 fully saturated rings. The number of nitrogens with zero attached hydrogens (tertiary/aromatic N) is 3. The molecule has 24 heavy (non-hydrogen) atoms. The molecule has 0 aliphatic carbocycles. The molecular weight excluding hydrogens is 304 g/mol. The second kappa shape index (κ2) is 6.43. The van der Waals surface area contributed by atoms with Crippen LogP contribution in [0, 0.1) is 0 Å². The zero-order chi connectivity index (χ0) is 16.5. The van der Waals surface area contributed by atoms with E-state index in [1.807, 2.05) is 6.07 Å². The Labute approximate surface area is 142 Å². The molecule has 2 aliphatic heterocycles. The van der Waals surface area contributed by atoms with E-state index in [4.69, 9.17) is 9.47 Å². The van der Waals surface area contributed by atoms with Crippen molar-refractivity contribution in [2.24, 2.45) is 0 Å². The minimum Gasteiger partial charge on any atom is -0.486 e. The Kier molecular flexibility index (Phi) is 4.14. The van der Waals surface area contributed by atoms with Crippen LogP contribution in [0.5, 0.6) is 11.5 Å². The van der Waals surface area contributed by atoms with Crippen molar-refractivity contribution in [2.45, 2.75) is 51.7 Å². The lowest BCUT2D eigenvalue weighted by Crippen LogP contribution is -2.37. The second-order valence-electron chi connectivity index (χ2n) is 6.82. The summed E-state index contributed by atoms with van der Waals surface area (Å²) < 4.78 is 13.3. The van der Waals surface area contributed by atoms with E-state index < -0.39 is 0 Å². The van der Waals surface area contributed by atoms with Crippen LogP contribution in [0.2, 0.25) is 0 Å². The fraction of sp³-hybridized carbons (Fsp3) is 0.556. The Bertz CT molecular complexity index is 726. The molecule has 1 atom stereocenters. The van der Waals surface area contributed by atoms with Gasteiger partial charge in [0.25, 0.3) is 0 Å². The Morgan fingerprint density at radius 1 is 1.25 bits per heavy atom. The highest BCUT2D eigenvalue weighted by Crippen LogP contribution is 2.30. The predicted molar refractivity (Wildman–Crippen MR) is 90.5 cm³/mol. The summed E-state index contributed by atoms with van der Waals surface area (Å²) in [7, 11) is 0. The summed E-state index contributed by atoms with van der Waals surface area (Å²) in [5.74, 6) is 4.15.